The van der Waals surface area contributed by atoms with Crippen LogP contribution in [0.5, 0.6) is 11.5 Å². The van der Waals surface area contributed by atoms with E-state index >= 15 is 0 Å². The largest absolute Gasteiger partial charge is 0.454 e. The molecule has 0 spiro atoms. The Morgan fingerprint density at radius 1 is 1.14 bits per heavy atom. The molecule has 0 radical (unpaired) electrons. The minimum absolute atomic E-state index is 0.0687. The van der Waals surface area contributed by atoms with Gasteiger partial charge < -0.3 is 20.1 Å². The van der Waals surface area contributed by atoms with E-state index < -0.39 is 6.04 Å². The molecular formula is C15H11BrN2O3. The van der Waals surface area contributed by atoms with Crippen molar-refractivity contribution in [1.82, 2.24) is 0 Å². The van der Waals surface area contributed by atoms with E-state index in [1.165, 1.54) is 0 Å². The van der Waals surface area contributed by atoms with E-state index in [1.54, 1.807) is 0 Å². The molecule has 5 nitrogen and oxygen atoms in total. The summed E-state index contributed by atoms with van der Waals surface area (Å²) in [6, 6.07) is 10.9. The molecule has 0 fully saturated rings. The van der Waals surface area contributed by atoms with Crippen LogP contribution in [0.1, 0.15) is 11.6 Å². The maximum Gasteiger partial charge on any atom is 0.251 e. The van der Waals surface area contributed by atoms with Gasteiger partial charge in [-0.05, 0) is 24.3 Å². The number of hydrogen-bond donors (Lipinski definition) is 2. The van der Waals surface area contributed by atoms with Crippen LogP contribution in [-0.4, -0.2) is 12.7 Å². The zero-order chi connectivity index (χ0) is 14.4. The summed E-state index contributed by atoms with van der Waals surface area (Å²) in [5, 5.41) is 6.11. The van der Waals surface area contributed by atoms with Crippen molar-refractivity contribution in [3.63, 3.8) is 0 Å². The number of anilines is 2. The molecule has 4 rings (SSSR count). The lowest BCUT2D eigenvalue weighted by Gasteiger charge is -2.13. The Morgan fingerprint density at radius 3 is 2.90 bits per heavy atom. The van der Waals surface area contributed by atoms with Crippen LogP contribution >= 0.6 is 15.9 Å². The highest BCUT2D eigenvalue weighted by atomic mass is 79.9. The Bertz CT molecular complexity index is 748. The third kappa shape index (κ3) is 2.12. The number of carbonyl (C=O) groups is 1. The van der Waals surface area contributed by atoms with Crippen LogP contribution in [-0.2, 0) is 4.79 Å². The smallest absolute Gasteiger partial charge is 0.251 e. The molecule has 1 unspecified atom stereocenters. The van der Waals surface area contributed by atoms with Gasteiger partial charge >= 0.3 is 0 Å². The van der Waals surface area contributed by atoms with Crippen LogP contribution in [0.3, 0.4) is 0 Å². The molecule has 2 aromatic rings. The standard InChI is InChI=1S/C15H11BrN2O3/c16-8-1-3-10-11(5-8)18-15(19)14(10)17-9-2-4-12-13(6-9)21-7-20-12/h1-6,14,17H,7H2,(H,18,19). The van der Waals surface area contributed by atoms with Crippen LogP contribution in [0.4, 0.5) is 11.4 Å². The van der Waals surface area contributed by atoms with Gasteiger partial charge in [0.1, 0.15) is 6.04 Å². The summed E-state index contributed by atoms with van der Waals surface area (Å²) in [7, 11) is 0. The van der Waals surface area contributed by atoms with Gasteiger partial charge in [0.2, 0.25) is 6.79 Å². The molecule has 2 aliphatic rings. The Labute approximate surface area is 129 Å². The summed E-state index contributed by atoms with van der Waals surface area (Å²) >= 11 is 3.40. The van der Waals surface area contributed by atoms with E-state index in [2.05, 4.69) is 26.6 Å². The molecule has 0 aliphatic carbocycles. The predicted molar refractivity (Wildman–Crippen MR) is 81.7 cm³/mol. The Morgan fingerprint density at radius 2 is 2.00 bits per heavy atom. The molecule has 2 N–H and O–H groups in total. The molecule has 21 heavy (non-hydrogen) atoms. The third-order valence-corrected chi connectivity index (χ3v) is 4.02. The van der Waals surface area contributed by atoms with Gasteiger partial charge in [0, 0.05) is 27.5 Å². The number of benzene rings is 2. The van der Waals surface area contributed by atoms with E-state index in [4.69, 9.17) is 9.47 Å². The van der Waals surface area contributed by atoms with Gasteiger partial charge in [-0.2, -0.15) is 0 Å². The Kier molecular flexibility index (Phi) is 2.78. The number of hydrogen-bond acceptors (Lipinski definition) is 4. The van der Waals surface area contributed by atoms with E-state index in [0.29, 0.717) is 5.75 Å². The van der Waals surface area contributed by atoms with Gasteiger partial charge in [-0.15, -0.1) is 0 Å². The van der Waals surface area contributed by atoms with Crippen molar-refractivity contribution in [2.75, 3.05) is 17.4 Å². The summed E-state index contributed by atoms with van der Waals surface area (Å²) in [4.78, 5) is 12.1. The highest BCUT2D eigenvalue weighted by molar-refractivity contribution is 9.10. The van der Waals surface area contributed by atoms with Crippen LogP contribution in [0.15, 0.2) is 40.9 Å². The number of ether oxygens (including phenoxy) is 2. The van der Waals surface area contributed by atoms with Crippen molar-refractivity contribution in [3.05, 3.63) is 46.4 Å². The lowest BCUT2D eigenvalue weighted by Crippen LogP contribution is -2.19. The predicted octanol–water partition coefficient (Wildman–Crippen LogP) is 3.28. The van der Waals surface area contributed by atoms with Crippen LogP contribution in [0.2, 0.25) is 0 Å². The Hall–Kier alpha value is -2.21. The van der Waals surface area contributed by atoms with Crippen molar-refractivity contribution in [3.8, 4) is 11.5 Å². The van der Waals surface area contributed by atoms with Gasteiger partial charge in [-0.3, -0.25) is 4.79 Å². The summed E-state index contributed by atoms with van der Waals surface area (Å²) in [6.07, 6.45) is 0. The van der Waals surface area contributed by atoms with Gasteiger partial charge in [-0.25, -0.2) is 0 Å². The quantitative estimate of drug-likeness (QED) is 0.875. The summed E-state index contributed by atoms with van der Waals surface area (Å²) in [5.41, 5.74) is 2.57. The summed E-state index contributed by atoms with van der Waals surface area (Å²) in [6.45, 7) is 0.236. The molecule has 0 aromatic heterocycles. The molecule has 0 saturated heterocycles. The van der Waals surface area contributed by atoms with Crippen LogP contribution < -0.4 is 20.1 Å². The van der Waals surface area contributed by atoms with Crippen LogP contribution in [0.25, 0.3) is 0 Å². The normalized spacial score (nSPS) is 18.3. The van der Waals surface area contributed by atoms with Crippen LogP contribution in [0, 0.1) is 0 Å². The van der Waals surface area contributed by atoms with E-state index in [1.807, 2.05) is 36.4 Å². The minimum Gasteiger partial charge on any atom is -0.454 e. The number of nitrogens with one attached hydrogen (secondary N) is 2. The Balaban J connectivity index is 1.64. The molecular weight excluding hydrogens is 336 g/mol. The molecule has 1 amide bonds. The number of fused-ring (bicyclic) bond motifs is 2. The van der Waals surface area contributed by atoms with Crippen molar-refractivity contribution in [2.24, 2.45) is 0 Å². The average Bonchev–Trinajstić information content (AvgIpc) is 3.03. The first-order valence-electron chi connectivity index (χ1n) is 6.47. The molecule has 2 heterocycles. The minimum atomic E-state index is -0.409. The van der Waals surface area contributed by atoms with Crippen molar-refractivity contribution >= 4 is 33.2 Å². The lowest BCUT2D eigenvalue weighted by molar-refractivity contribution is -0.116. The number of halogens is 1. The second-order valence-electron chi connectivity index (χ2n) is 4.87. The molecule has 106 valence electrons. The zero-order valence-electron chi connectivity index (χ0n) is 10.9. The zero-order valence-corrected chi connectivity index (χ0v) is 12.4. The maximum atomic E-state index is 12.1. The molecule has 0 bridgehead atoms. The number of carbonyl (C=O) groups excluding carboxylic acids is 1. The lowest BCUT2D eigenvalue weighted by atomic mass is 10.1. The first-order valence-corrected chi connectivity index (χ1v) is 7.26. The first kappa shape index (κ1) is 12.5. The molecule has 1 atom stereocenters. The third-order valence-electron chi connectivity index (χ3n) is 3.53. The topological polar surface area (TPSA) is 59.6 Å². The molecule has 2 aliphatic heterocycles. The molecule has 2 aromatic carbocycles. The van der Waals surface area contributed by atoms with E-state index in [9.17, 15) is 4.79 Å². The number of amides is 1. The van der Waals surface area contributed by atoms with Gasteiger partial charge in [0.05, 0.1) is 0 Å². The fourth-order valence-electron chi connectivity index (χ4n) is 2.53. The second-order valence-corrected chi connectivity index (χ2v) is 5.78. The average molecular weight is 347 g/mol. The fraction of sp³-hybridized carbons (Fsp3) is 0.133. The first-order chi connectivity index (χ1) is 10.2. The summed E-state index contributed by atoms with van der Waals surface area (Å²) in [5.74, 6) is 1.34. The van der Waals surface area contributed by atoms with Gasteiger partial charge in [0.25, 0.3) is 5.91 Å². The molecule has 0 saturated carbocycles. The van der Waals surface area contributed by atoms with E-state index in [0.717, 1.165) is 27.2 Å². The SMILES string of the molecule is O=C1Nc2cc(Br)ccc2C1Nc1ccc2c(c1)OCO2. The van der Waals surface area contributed by atoms with E-state index in [-0.39, 0.29) is 12.7 Å². The van der Waals surface area contributed by atoms with Gasteiger partial charge in [0.15, 0.2) is 11.5 Å². The number of rotatable bonds is 2. The van der Waals surface area contributed by atoms with Crippen molar-refractivity contribution < 1.29 is 14.3 Å². The summed E-state index contributed by atoms with van der Waals surface area (Å²) < 4.78 is 11.6. The maximum absolute atomic E-state index is 12.1. The monoisotopic (exact) mass is 346 g/mol. The fourth-order valence-corrected chi connectivity index (χ4v) is 2.89. The highest BCUT2D eigenvalue weighted by Crippen LogP contribution is 2.38. The van der Waals surface area contributed by atoms with Crippen molar-refractivity contribution in [2.45, 2.75) is 6.04 Å². The van der Waals surface area contributed by atoms with Crippen molar-refractivity contribution in [1.29, 1.82) is 0 Å². The van der Waals surface area contributed by atoms with Gasteiger partial charge in [-0.1, -0.05) is 22.0 Å². The highest BCUT2D eigenvalue weighted by Gasteiger charge is 2.30. The second kappa shape index (κ2) is 4.66. The molecule has 6 heteroatoms.